The molecule has 0 unspecified atom stereocenters. The van der Waals surface area contributed by atoms with E-state index >= 15 is 0 Å². The van der Waals surface area contributed by atoms with Gasteiger partial charge in [-0.3, -0.25) is 4.79 Å². The van der Waals surface area contributed by atoms with E-state index in [0.29, 0.717) is 37.1 Å². The first-order chi connectivity index (χ1) is 9.51. The average molecular weight is 281 g/mol. The predicted molar refractivity (Wildman–Crippen MR) is 69.3 cm³/mol. The number of aromatic nitrogens is 2. The molecule has 0 amide bonds. The van der Waals surface area contributed by atoms with Crippen LogP contribution < -0.4 is 4.90 Å². The van der Waals surface area contributed by atoms with Gasteiger partial charge in [-0.2, -0.15) is 4.98 Å². The third-order valence-electron chi connectivity index (χ3n) is 4.36. The number of carboxylic acids is 1. The van der Waals surface area contributed by atoms with Gasteiger partial charge in [-0.05, 0) is 23.9 Å². The molecule has 1 aromatic rings. The second-order valence-electron chi connectivity index (χ2n) is 5.95. The Morgan fingerprint density at radius 1 is 1.50 bits per heavy atom. The molecule has 1 saturated carbocycles. The molecule has 7 nitrogen and oxygen atoms in total. The van der Waals surface area contributed by atoms with Crippen LogP contribution in [-0.4, -0.2) is 45.5 Å². The Labute approximate surface area is 116 Å². The van der Waals surface area contributed by atoms with E-state index in [1.807, 2.05) is 0 Å². The first kappa shape index (κ1) is 13.4. The molecule has 1 aliphatic heterocycles. The van der Waals surface area contributed by atoms with Gasteiger partial charge in [-0.15, -0.1) is 0 Å². The van der Waals surface area contributed by atoms with Gasteiger partial charge in [0.15, 0.2) is 0 Å². The molecule has 1 aromatic heterocycles. The fourth-order valence-corrected chi connectivity index (χ4v) is 3.00. The van der Waals surface area contributed by atoms with Gasteiger partial charge in [0.25, 0.3) is 5.95 Å². The highest BCUT2D eigenvalue weighted by molar-refractivity contribution is 5.77. The van der Waals surface area contributed by atoms with Crippen molar-refractivity contribution in [3.05, 3.63) is 5.89 Å². The predicted octanol–water partition coefficient (Wildman–Crippen LogP) is 0.820. The first-order valence-corrected chi connectivity index (χ1v) is 6.98. The lowest BCUT2D eigenvalue weighted by molar-refractivity contribution is -0.158. The van der Waals surface area contributed by atoms with Gasteiger partial charge >= 0.3 is 5.97 Å². The smallest absolute Gasteiger partial charge is 0.314 e. The number of hydrogen-bond acceptors (Lipinski definition) is 6. The summed E-state index contributed by atoms with van der Waals surface area (Å²) < 4.78 is 4.95. The van der Waals surface area contributed by atoms with Crippen LogP contribution >= 0.6 is 0 Å². The first-order valence-electron chi connectivity index (χ1n) is 6.98. The van der Waals surface area contributed by atoms with Crippen LogP contribution in [0.5, 0.6) is 0 Å². The Kier molecular flexibility index (Phi) is 3.16. The molecule has 2 atom stereocenters. The SMILES string of the molecule is Cc1nc(N2CC[C@@H](O)[C@](CC3CC3)(C(=O)O)C2)no1. The summed E-state index contributed by atoms with van der Waals surface area (Å²) in [6, 6.07) is 0. The van der Waals surface area contributed by atoms with E-state index < -0.39 is 17.5 Å². The van der Waals surface area contributed by atoms with E-state index in [0.717, 1.165) is 12.8 Å². The van der Waals surface area contributed by atoms with Crippen molar-refractivity contribution in [2.75, 3.05) is 18.0 Å². The molecule has 0 spiro atoms. The summed E-state index contributed by atoms with van der Waals surface area (Å²) in [5, 5.41) is 23.8. The number of aryl methyl sites for hydroxylation is 1. The van der Waals surface area contributed by atoms with Crippen LogP contribution in [0.3, 0.4) is 0 Å². The topological polar surface area (TPSA) is 99.7 Å². The average Bonchev–Trinajstić information content (AvgIpc) is 3.11. The van der Waals surface area contributed by atoms with Gasteiger partial charge < -0.3 is 19.6 Å². The van der Waals surface area contributed by atoms with Crippen LogP contribution in [0, 0.1) is 18.3 Å². The fraction of sp³-hybridized carbons (Fsp3) is 0.769. The zero-order valence-electron chi connectivity index (χ0n) is 11.4. The summed E-state index contributed by atoms with van der Waals surface area (Å²) in [6.07, 6.45) is 2.24. The van der Waals surface area contributed by atoms with E-state index in [9.17, 15) is 15.0 Å². The van der Waals surface area contributed by atoms with Crippen molar-refractivity contribution < 1.29 is 19.5 Å². The highest BCUT2D eigenvalue weighted by Gasteiger charge is 2.52. The number of nitrogens with zero attached hydrogens (tertiary/aromatic N) is 3. The van der Waals surface area contributed by atoms with Crippen molar-refractivity contribution in [1.29, 1.82) is 0 Å². The van der Waals surface area contributed by atoms with Gasteiger partial charge in [-0.1, -0.05) is 12.8 Å². The molecule has 1 saturated heterocycles. The molecule has 0 radical (unpaired) electrons. The highest BCUT2D eigenvalue weighted by Crippen LogP contribution is 2.45. The maximum Gasteiger partial charge on any atom is 0.314 e. The van der Waals surface area contributed by atoms with E-state index in [1.165, 1.54) is 0 Å². The number of rotatable bonds is 4. The van der Waals surface area contributed by atoms with Crippen molar-refractivity contribution in [1.82, 2.24) is 10.1 Å². The van der Waals surface area contributed by atoms with Crippen molar-refractivity contribution in [2.45, 2.75) is 38.7 Å². The fourth-order valence-electron chi connectivity index (χ4n) is 3.00. The molecular formula is C13H19N3O4. The monoisotopic (exact) mass is 281 g/mol. The Hall–Kier alpha value is -1.63. The van der Waals surface area contributed by atoms with Crippen molar-refractivity contribution in [3.63, 3.8) is 0 Å². The lowest BCUT2D eigenvalue weighted by Gasteiger charge is -2.43. The second kappa shape index (κ2) is 4.73. The Morgan fingerprint density at radius 2 is 2.25 bits per heavy atom. The highest BCUT2D eigenvalue weighted by atomic mass is 16.5. The van der Waals surface area contributed by atoms with Gasteiger partial charge in [-0.25, -0.2) is 0 Å². The molecule has 7 heteroatoms. The molecule has 0 aromatic carbocycles. The lowest BCUT2D eigenvalue weighted by Crippen LogP contribution is -2.56. The van der Waals surface area contributed by atoms with E-state index in [4.69, 9.17) is 4.52 Å². The van der Waals surface area contributed by atoms with Crippen LogP contribution in [0.15, 0.2) is 4.52 Å². The number of carbonyl (C=O) groups is 1. The van der Waals surface area contributed by atoms with Crippen LogP contribution in [0.25, 0.3) is 0 Å². The maximum atomic E-state index is 11.8. The summed E-state index contributed by atoms with van der Waals surface area (Å²) >= 11 is 0. The minimum Gasteiger partial charge on any atom is -0.481 e. The van der Waals surface area contributed by atoms with Gasteiger partial charge in [0.2, 0.25) is 5.89 Å². The van der Waals surface area contributed by atoms with E-state index in [-0.39, 0.29) is 6.54 Å². The normalized spacial score (nSPS) is 30.5. The summed E-state index contributed by atoms with van der Waals surface area (Å²) in [5.41, 5.74) is -1.12. The van der Waals surface area contributed by atoms with Crippen LogP contribution in [0.4, 0.5) is 5.95 Å². The molecule has 2 heterocycles. The molecular weight excluding hydrogens is 262 g/mol. The van der Waals surface area contributed by atoms with Gasteiger partial charge in [0.05, 0.1) is 6.10 Å². The summed E-state index contributed by atoms with van der Waals surface area (Å²) in [6.45, 7) is 2.47. The summed E-state index contributed by atoms with van der Waals surface area (Å²) in [4.78, 5) is 17.7. The third kappa shape index (κ3) is 2.26. The van der Waals surface area contributed by atoms with Crippen LogP contribution in [0.2, 0.25) is 0 Å². The molecule has 2 aliphatic rings. The number of aliphatic carboxylic acids is 1. The number of piperidine rings is 1. The number of aliphatic hydroxyl groups is 1. The van der Waals surface area contributed by atoms with E-state index in [1.54, 1.807) is 11.8 Å². The molecule has 20 heavy (non-hydrogen) atoms. The van der Waals surface area contributed by atoms with Gasteiger partial charge in [0.1, 0.15) is 5.41 Å². The number of aliphatic hydroxyl groups excluding tert-OH is 1. The Morgan fingerprint density at radius 3 is 2.80 bits per heavy atom. The molecule has 110 valence electrons. The quantitative estimate of drug-likeness (QED) is 0.842. The molecule has 2 fully saturated rings. The number of carboxylic acid groups (broad SMARTS) is 1. The standard InChI is InChI=1S/C13H19N3O4/c1-8-14-12(15-20-8)16-5-4-10(17)13(7-16,11(18)19)6-9-2-3-9/h9-10,17H,2-7H2,1H3,(H,18,19)/t10-,13-/m1/s1. The Balaban J connectivity index is 1.85. The second-order valence-corrected chi connectivity index (χ2v) is 5.95. The number of anilines is 1. The Bertz CT molecular complexity index is 513. The third-order valence-corrected chi connectivity index (χ3v) is 4.36. The minimum absolute atomic E-state index is 0.235. The molecule has 2 N–H and O–H groups in total. The van der Waals surface area contributed by atoms with Gasteiger partial charge in [0, 0.05) is 20.0 Å². The van der Waals surface area contributed by atoms with Crippen molar-refractivity contribution in [3.8, 4) is 0 Å². The zero-order valence-corrected chi connectivity index (χ0v) is 11.4. The molecule has 1 aliphatic carbocycles. The van der Waals surface area contributed by atoms with Crippen LogP contribution in [0.1, 0.15) is 31.6 Å². The number of hydrogen-bond donors (Lipinski definition) is 2. The largest absolute Gasteiger partial charge is 0.481 e. The molecule has 3 rings (SSSR count). The minimum atomic E-state index is -1.12. The van der Waals surface area contributed by atoms with E-state index in [2.05, 4.69) is 10.1 Å². The summed E-state index contributed by atoms with van der Waals surface area (Å²) in [7, 11) is 0. The lowest BCUT2D eigenvalue weighted by atomic mass is 9.73. The summed E-state index contributed by atoms with van der Waals surface area (Å²) in [5.74, 6) is 0.361. The molecule has 0 bridgehead atoms. The van der Waals surface area contributed by atoms with Crippen molar-refractivity contribution in [2.24, 2.45) is 11.3 Å². The maximum absolute atomic E-state index is 11.8. The zero-order chi connectivity index (χ0) is 14.3. The van der Waals surface area contributed by atoms with Crippen LogP contribution in [-0.2, 0) is 4.79 Å². The van der Waals surface area contributed by atoms with Crippen molar-refractivity contribution >= 4 is 11.9 Å².